The van der Waals surface area contributed by atoms with E-state index in [-0.39, 0.29) is 31.0 Å². The highest BCUT2D eigenvalue weighted by atomic mass is 32.2. The quantitative estimate of drug-likeness (QED) is 0.425. The summed E-state index contributed by atoms with van der Waals surface area (Å²) in [6.45, 7) is 0.0840. The number of halogens is 4. The topological polar surface area (TPSA) is 71.1 Å². The lowest BCUT2D eigenvalue weighted by molar-refractivity contribution is -0.120. The smallest absolute Gasteiger partial charge is 0.354 e. The maximum atomic E-state index is 13.1. The van der Waals surface area contributed by atoms with E-state index in [9.17, 15) is 27.2 Å². The summed E-state index contributed by atoms with van der Waals surface area (Å²) in [7, 11) is 0. The first-order chi connectivity index (χ1) is 12.7. The minimum absolute atomic E-state index is 0.0126. The second-order valence-electron chi connectivity index (χ2n) is 5.32. The Morgan fingerprint density at radius 2 is 1.81 bits per heavy atom. The van der Waals surface area contributed by atoms with Crippen LogP contribution in [-0.4, -0.2) is 35.4 Å². The van der Waals surface area contributed by atoms with E-state index >= 15 is 0 Å². The first-order valence-corrected chi connectivity index (χ1v) is 8.56. The van der Waals surface area contributed by atoms with Crippen LogP contribution in [0.3, 0.4) is 0 Å². The van der Waals surface area contributed by atoms with Crippen LogP contribution in [0.1, 0.15) is 15.9 Å². The Kier molecular flexibility index (Phi) is 7.17. The first kappa shape index (κ1) is 20.7. The van der Waals surface area contributed by atoms with Crippen LogP contribution in [0.25, 0.3) is 0 Å². The number of hydrogen-bond donors (Lipinski definition) is 2. The van der Waals surface area contributed by atoms with Gasteiger partial charge >= 0.3 is 5.51 Å². The molecule has 1 aromatic carbocycles. The van der Waals surface area contributed by atoms with E-state index in [4.69, 9.17) is 0 Å². The van der Waals surface area contributed by atoms with Crippen molar-refractivity contribution in [2.45, 2.75) is 17.0 Å². The van der Waals surface area contributed by atoms with Gasteiger partial charge in [0.05, 0.1) is 12.0 Å². The lowest BCUT2D eigenvalue weighted by Crippen LogP contribution is -2.35. The van der Waals surface area contributed by atoms with E-state index in [2.05, 4.69) is 15.6 Å². The van der Waals surface area contributed by atoms with Gasteiger partial charge in [0.2, 0.25) is 5.91 Å². The summed E-state index contributed by atoms with van der Waals surface area (Å²) >= 11 is -0.470. The number of carbonyl (C=O) groups excluding carboxylic acids is 2. The number of rotatable bonds is 7. The zero-order valence-electron chi connectivity index (χ0n) is 13.8. The second kappa shape index (κ2) is 9.36. The number of pyridine rings is 1. The van der Waals surface area contributed by atoms with Gasteiger partial charge in [-0.25, -0.2) is 9.37 Å². The van der Waals surface area contributed by atoms with Gasteiger partial charge in [-0.1, -0.05) is 12.1 Å². The van der Waals surface area contributed by atoms with Crippen LogP contribution in [0.4, 0.5) is 17.6 Å². The highest BCUT2D eigenvalue weighted by molar-refractivity contribution is 8.00. The van der Waals surface area contributed by atoms with Crippen molar-refractivity contribution in [3.05, 3.63) is 59.5 Å². The lowest BCUT2D eigenvalue weighted by Gasteiger charge is -2.11. The standard InChI is InChI=1S/C17H15F4N3O2S/c18-12-4-1-3-11(9-12)10-14(25)22-7-8-23-15(26)13-5-2-6-24-16(13)27-17(19,20)21/h1-6,9H,7-8,10H2,(H,22,25)(H,23,26). The molecule has 0 aliphatic heterocycles. The molecule has 0 saturated carbocycles. The molecular formula is C17H15F4N3O2S. The van der Waals surface area contributed by atoms with E-state index in [1.54, 1.807) is 6.07 Å². The fraction of sp³-hybridized carbons (Fsp3) is 0.235. The normalized spacial score (nSPS) is 11.1. The maximum absolute atomic E-state index is 13.1. The predicted molar refractivity (Wildman–Crippen MR) is 91.6 cm³/mol. The minimum atomic E-state index is -4.56. The van der Waals surface area contributed by atoms with Crippen molar-refractivity contribution in [1.82, 2.24) is 15.6 Å². The number of amides is 2. The van der Waals surface area contributed by atoms with Gasteiger partial charge in [-0.15, -0.1) is 0 Å². The molecule has 0 aliphatic rings. The highest BCUT2D eigenvalue weighted by Crippen LogP contribution is 2.37. The third-order valence-electron chi connectivity index (χ3n) is 3.21. The fourth-order valence-electron chi connectivity index (χ4n) is 2.12. The summed E-state index contributed by atoms with van der Waals surface area (Å²) in [6.07, 6.45) is 1.14. The summed E-state index contributed by atoms with van der Waals surface area (Å²) in [5.74, 6) is -1.55. The Morgan fingerprint density at radius 3 is 2.52 bits per heavy atom. The molecule has 27 heavy (non-hydrogen) atoms. The molecular weight excluding hydrogens is 386 g/mol. The third-order valence-corrected chi connectivity index (χ3v) is 3.96. The molecule has 0 saturated heterocycles. The molecule has 0 unspecified atom stereocenters. The van der Waals surface area contributed by atoms with Gasteiger partial charge in [0.1, 0.15) is 10.8 Å². The molecule has 1 heterocycles. The predicted octanol–water partition coefficient (Wildman–Crippen LogP) is 2.92. The molecule has 0 fully saturated rings. The molecule has 1 aromatic heterocycles. The second-order valence-corrected chi connectivity index (χ2v) is 6.37. The van der Waals surface area contributed by atoms with Crippen LogP contribution in [-0.2, 0) is 11.2 Å². The molecule has 10 heteroatoms. The number of carbonyl (C=O) groups is 2. The van der Waals surface area contributed by atoms with Crippen LogP contribution in [0, 0.1) is 5.82 Å². The Balaban J connectivity index is 1.80. The number of nitrogens with zero attached hydrogens (tertiary/aromatic N) is 1. The van der Waals surface area contributed by atoms with Crippen LogP contribution in [0.2, 0.25) is 0 Å². The summed E-state index contributed by atoms with van der Waals surface area (Å²) in [6, 6.07) is 8.19. The molecule has 2 rings (SSSR count). The van der Waals surface area contributed by atoms with Crippen molar-refractivity contribution in [1.29, 1.82) is 0 Å². The zero-order valence-corrected chi connectivity index (χ0v) is 14.7. The number of nitrogens with one attached hydrogen (secondary N) is 2. The molecule has 2 aromatic rings. The Hall–Kier alpha value is -2.62. The van der Waals surface area contributed by atoms with Crippen molar-refractivity contribution >= 4 is 23.6 Å². The summed E-state index contributed by atoms with van der Waals surface area (Å²) < 4.78 is 50.6. The lowest BCUT2D eigenvalue weighted by atomic mass is 10.1. The average Bonchev–Trinajstić information content (AvgIpc) is 2.57. The number of hydrogen-bond acceptors (Lipinski definition) is 4. The van der Waals surface area contributed by atoms with E-state index in [1.807, 2.05) is 0 Å². The van der Waals surface area contributed by atoms with Gasteiger partial charge in [0.15, 0.2) is 0 Å². The molecule has 0 spiro atoms. The minimum Gasteiger partial charge on any atom is -0.354 e. The summed E-state index contributed by atoms with van der Waals surface area (Å²) in [4.78, 5) is 27.4. The van der Waals surface area contributed by atoms with Gasteiger partial charge in [-0.05, 0) is 29.8 Å². The monoisotopic (exact) mass is 401 g/mol. The number of thioether (sulfide) groups is 1. The van der Waals surface area contributed by atoms with Gasteiger partial charge in [0, 0.05) is 31.0 Å². The van der Waals surface area contributed by atoms with Crippen LogP contribution >= 0.6 is 11.8 Å². The fourth-order valence-corrected chi connectivity index (χ4v) is 2.73. The molecule has 0 aliphatic carbocycles. The van der Waals surface area contributed by atoms with E-state index in [0.717, 1.165) is 6.20 Å². The molecule has 0 atom stereocenters. The van der Waals surface area contributed by atoms with E-state index in [0.29, 0.717) is 5.56 Å². The van der Waals surface area contributed by atoms with Crippen LogP contribution in [0.5, 0.6) is 0 Å². The van der Waals surface area contributed by atoms with Gasteiger partial charge in [-0.2, -0.15) is 13.2 Å². The molecule has 144 valence electrons. The highest BCUT2D eigenvalue weighted by Gasteiger charge is 2.32. The van der Waals surface area contributed by atoms with Crippen LogP contribution < -0.4 is 10.6 Å². The molecule has 2 N–H and O–H groups in total. The SMILES string of the molecule is O=C(Cc1cccc(F)c1)NCCNC(=O)c1cccnc1SC(F)(F)F. The maximum Gasteiger partial charge on any atom is 0.447 e. The largest absolute Gasteiger partial charge is 0.447 e. The van der Waals surface area contributed by atoms with Crippen molar-refractivity contribution in [2.75, 3.05) is 13.1 Å². The van der Waals surface area contributed by atoms with Gasteiger partial charge < -0.3 is 10.6 Å². The molecule has 0 radical (unpaired) electrons. The van der Waals surface area contributed by atoms with Crippen molar-refractivity contribution in [2.24, 2.45) is 0 Å². The number of aromatic nitrogens is 1. The Labute approximate surface area is 156 Å². The Morgan fingerprint density at radius 1 is 1.07 bits per heavy atom. The zero-order chi connectivity index (χ0) is 19.9. The number of alkyl halides is 3. The van der Waals surface area contributed by atoms with E-state index in [1.165, 1.54) is 30.3 Å². The van der Waals surface area contributed by atoms with Crippen molar-refractivity contribution < 1.29 is 27.2 Å². The summed E-state index contributed by atoms with van der Waals surface area (Å²) in [5, 5.41) is 4.51. The van der Waals surface area contributed by atoms with Crippen molar-refractivity contribution in [3.63, 3.8) is 0 Å². The molecule has 2 amide bonds. The first-order valence-electron chi connectivity index (χ1n) is 7.75. The molecule has 0 bridgehead atoms. The third kappa shape index (κ3) is 7.26. The number of benzene rings is 1. The summed E-state index contributed by atoms with van der Waals surface area (Å²) in [5.41, 5.74) is -4.26. The van der Waals surface area contributed by atoms with Gasteiger partial charge in [-0.3, -0.25) is 9.59 Å². The van der Waals surface area contributed by atoms with E-state index < -0.39 is 34.0 Å². The van der Waals surface area contributed by atoms with Gasteiger partial charge in [0.25, 0.3) is 5.91 Å². The Bertz CT molecular complexity index is 815. The average molecular weight is 401 g/mol. The molecule has 5 nitrogen and oxygen atoms in total. The van der Waals surface area contributed by atoms with Crippen LogP contribution in [0.15, 0.2) is 47.6 Å². The van der Waals surface area contributed by atoms with Crippen molar-refractivity contribution in [3.8, 4) is 0 Å².